The lowest BCUT2D eigenvalue weighted by Gasteiger charge is -2.50. The first-order valence-electron chi connectivity index (χ1n) is 10.4. The van der Waals surface area contributed by atoms with Gasteiger partial charge >= 0.3 is 0 Å². The van der Waals surface area contributed by atoms with E-state index >= 15 is 0 Å². The number of fused-ring (bicyclic) bond motifs is 1. The fourth-order valence-electron chi connectivity index (χ4n) is 5.13. The van der Waals surface area contributed by atoms with Gasteiger partial charge in [0, 0.05) is 35.1 Å². The quantitative estimate of drug-likeness (QED) is 0.654. The topological polar surface area (TPSA) is 46.3 Å². The van der Waals surface area contributed by atoms with E-state index in [1.54, 1.807) is 7.11 Å². The summed E-state index contributed by atoms with van der Waals surface area (Å²) in [5.74, 6) is 1.27. The maximum atomic E-state index is 6.93. The number of nitrogens with one attached hydrogen (secondary N) is 2. The van der Waals surface area contributed by atoms with Crippen LogP contribution in [0.2, 0.25) is 0 Å². The van der Waals surface area contributed by atoms with E-state index in [1.165, 1.54) is 35.8 Å². The van der Waals surface area contributed by atoms with Gasteiger partial charge < -0.3 is 14.5 Å². The second-order valence-corrected chi connectivity index (χ2v) is 8.15. The third-order valence-corrected chi connectivity index (χ3v) is 6.62. The van der Waals surface area contributed by atoms with Crippen LogP contribution in [0.5, 0.6) is 5.75 Å². The highest BCUT2D eigenvalue weighted by molar-refractivity contribution is 5.83. The Morgan fingerprint density at radius 1 is 1.00 bits per heavy atom. The summed E-state index contributed by atoms with van der Waals surface area (Å²) in [6.07, 6.45) is 8.09. The number of hydrogen-bond acceptors (Lipinski definition) is 3. The Morgan fingerprint density at radius 3 is 2.57 bits per heavy atom. The summed E-state index contributed by atoms with van der Waals surface area (Å²) >= 11 is 0. The number of hydrogen-bond donors (Lipinski definition) is 2. The molecule has 3 aromatic rings. The van der Waals surface area contributed by atoms with Gasteiger partial charge in [-0.2, -0.15) is 0 Å². The number of methoxy groups -OCH3 is 1. The minimum Gasteiger partial charge on any atom is -0.497 e. The van der Waals surface area contributed by atoms with Gasteiger partial charge in [0.2, 0.25) is 0 Å². The second-order valence-electron chi connectivity index (χ2n) is 8.15. The van der Waals surface area contributed by atoms with Crippen LogP contribution in [0.25, 0.3) is 10.9 Å². The van der Waals surface area contributed by atoms with Gasteiger partial charge in [0.1, 0.15) is 12.0 Å². The zero-order chi connectivity index (χ0) is 19.0. The molecule has 1 aromatic heterocycles. The molecule has 2 N–H and O–H groups in total. The molecular weight excluding hydrogens is 348 g/mol. The summed E-state index contributed by atoms with van der Waals surface area (Å²) in [4.78, 5) is 3.40. The van der Waals surface area contributed by atoms with Gasteiger partial charge in [0.25, 0.3) is 0 Å². The van der Waals surface area contributed by atoms with Crippen LogP contribution in [0.4, 0.5) is 0 Å². The van der Waals surface area contributed by atoms with E-state index in [0.717, 1.165) is 30.7 Å². The molecule has 28 heavy (non-hydrogen) atoms. The van der Waals surface area contributed by atoms with Crippen LogP contribution in [0.3, 0.4) is 0 Å². The molecule has 4 nitrogen and oxygen atoms in total. The highest BCUT2D eigenvalue weighted by Crippen LogP contribution is 2.48. The number of para-hydroxylation sites is 1. The van der Waals surface area contributed by atoms with E-state index in [2.05, 4.69) is 65.0 Å². The van der Waals surface area contributed by atoms with Gasteiger partial charge in [-0.15, -0.1) is 0 Å². The van der Waals surface area contributed by atoms with Crippen molar-refractivity contribution >= 4 is 10.9 Å². The lowest BCUT2D eigenvalue weighted by atomic mass is 9.71. The van der Waals surface area contributed by atoms with Gasteiger partial charge in [0.05, 0.1) is 12.7 Å². The van der Waals surface area contributed by atoms with Gasteiger partial charge in [0.15, 0.2) is 0 Å². The second kappa shape index (κ2) is 7.26. The van der Waals surface area contributed by atoms with Gasteiger partial charge in [-0.25, -0.2) is 0 Å². The van der Waals surface area contributed by atoms with Crippen molar-refractivity contribution in [3.8, 4) is 5.75 Å². The first-order chi connectivity index (χ1) is 13.8. The molecule has 5 rings (SSSR count). The molecule has 4 heteroatoms. The first kappa shape index (κ1) is 17.8. The summed E-state index contributed by atoms with van der Waals surface area (Å²) in [6.45, 7) is 0.927. The fraction of sp³-hybridized carbons (Fsp3) is 0.417. The predicted molar refractivity (Wildman–Crippen MR) is 112 cm³/mol. The van der Waals surface area contributed by atoms with Crippen molar-refractivity contribution in [3.63, 3.8) is 0 Å². The number of H-pyrrole nitrogens is 1. The molecule has 2 fully saturated rings. The molecule has 2 atom stereocenters. The average Bonchev–Trinajstić information content (AvgIpc) is 3.19. The summed E-state index contributed by atoms with van der Waals surface area (Å²) in [6, 6.07) is 17.0. The van der Waals surface area contributed by atoms with Gasteiger partial charge in [-0.1, -0.05) is 49.6 Å². The van der Waals surface area contributed by atoms with E-state index in [4.69, 9.17) is 9.47 Å². The highest BCUT2D eigenvalue weighted by atomic mass is 16.5. The summed E-state index contributed by atoms with van der Waals surface area (Å²) in [5.41, 5.74) is 3.63. The van der Waals surface area contributed by atoms with Crippen LogP contribution >= 0.6 is 0 Å². The lowest BCUT2D eigenvalue weighted by Crippen LogP contribution is -2.53. The third-order valence-electron chi connectivity index (χ3n) is 6.62. The monoisotopic (exact) mass is 376 g/mol. The van der Waals surface area contributed by atoms with E-state index < -0.39 is 0 Å². The Morgan fingerprint density at radius 2 is 1.79 bits per heavy atom. The molecule has 0 radical (unpaired) electrons. The molecule has 2 aromatic carbocycles. The maximum Gasteiger partial charge on any atom is 0.137 e. The summed E-state index contributed by atoms with van der Waals surface area (Å²) in [7, 11) is 1.72. The van der Waals surface area contributed by atoms with Crippen molar-refractivity contribution in [2.24, 2.45) is 0 Å². The SMILES string of the molecule is COc1ccc(C2CNC(c3c[nH]c4ccccc34)OC23CCCCC3)cc1. The van der Waals surface area contributed by atoms with Crippen molar-refractivity contribution < 1.29 is 9.47 Å². The molecule has 146 valence electrons. The van der Waals surface area contributed by atoms with Crippen molar-refractivity contribution in [1.29, 1.82) is 0 Å². The minimum atomic E-state index is -0.0961. The van der Waals surface area contributed by atoms with Crippen molar-refractivity contribution in [3.05, 3.63) is 65.9 Å². The minimum absolute atomic E-state index is 0.0660. The Balaban J connectivity index is 1.48. The zero-order valence-electron chi connectivity index (χ0n) is 16.4. The zero-order valence-corrected chi connectivity index (χ0v) is 16.4. The Kier molecular flexibility index (Phi) is 4.61. The van der Waals surface area contributed by atoms with Gasteiger partial charge in [-0.05, 0) is 36.6 Å². The largest absolute Gasteiger partial charge is 0.497 e. The molecule has 0 amide bonds. The van der Waals surface area contributed by atoms with Crippen LogP contribution in [0.1, 0.15) is 55.4 Å². The van der Waals surface area contributed by atoms with Crippen molar-refractivity contribution in [2.75, 3.05) is 13.7 Å². The molecule has 1 aliphatic carbocycles. The van der Waals surface area contributed by atoms with Crippen LogP contribution in [0, 0.1) is 0 Å². The highest BCUT2D eigenvalue weighted by Gasteiger charge is 2.46. The summed E-state index contributed by atoms with van der Waals surface area (Å²) in [5, 5.41) is 4.93. The maximum absolute atomic E-state index is 6.93. The number of aromatic amines is 1. The number of ether oxygens (including phenoxy) is 2. The smallest absolute Gasteiger partial charge is 0.137 e. The van der Waals surface area contributed by atoms with E-state index in [1.807, 2.05) is 0 Å². The molecule has 1 saturated heterocycles. The predicted octanol–water partition coefficient (Wildman–Crippen LogP) is 5.28. The number of benzene rings is 2. The lowest BCUT2D eigenvalue weighted by molar-refractivity contribution is -0.167. The van der Waals surface area contributed by atoms with Crippen molar-refractivity contribution in [2.45, 2.75) is 49.9 Å². The molecule has 2 unspecified atom stereocenters. The average molecular weight is 377 g/mol. The standard InChI is InChI=1S/C24H28N2O2/c1-27-18-11-9-17(10-12-18)21-16-26-23(28-24(21)13-5-2-6-14-24)20-15-25-22-8-4-3-7-19(20)22/h3-4,7-12,15,21,23,25-26H,2,5-6,13-14,16H2,1H3. The van der Waals surface area contributed by atoms with E-state index in [0.29, 0.717) is 5.92 Å². The number of aromatic nitrogens is 1. The van der Waals surface area contributed by atoms with Crippen LogP contribution in [0.15, 0.2) is 54.7 Å². The van der Waals surface area contributed by atoms with Crippen LogP contribution < -0.4 is 10.1 Å². The molecular formula is C24H28N2O2. The molecule has 2 heterocycles. The Labute approximate surface area is 166 Å². The third kappa shape index (κ3) is 3.01. The van der Waals surface area contributed by atoms with Crippen LogP contribution in [-0.2, 0) is 4.74 Å². The normalized spacial score (nSPS) is 24.5. The van der Waals surface area contributed by atoms with Crippen molar-refractivity contribution in [1.82, 2.24) is 10.3 Å². The van der Waals surface area contributed by atoms with E-state index in [-0.39, 0.29) is 11.8 Å². The van der Waals surface area contributed by atoms with Crippen LogP contribution in [-0.4, -0.2) is 24.2 Å². The number of rotatable bonds is 3. The molecule has 2 aliphatic rings. The molecule has 0 bridgehead atoms. The Hall–Kier alpha value is -2.30. The summed E-state index contributed by atoms with van der Waals surface area (Å²) < 4.78 is 12.3. The fourth-order valence-corrected chi connectivity index (χ4v) is 5.13. The first-order valence-corrected chi connectivity index (χ1v) is 10.4. The van der Waals surface area contributed by atoms with E-state index in [9.17, 15) is 0 Å². The Bertz CT molecular complexity index is 941. The molecule has 1 spiro atoms. The molecule has 1 saturated carbocycles. The molecule has 1 aliphatic heterocycles. The van der Waals surface area contributed by atoms with Gasteiger partial charge in [-0.3, -0.25) is 5.32 Å².